The van der Waals surface area contributed by atoms with Gasteiger partial charge in [0.25, 0.3) is 0 Å². The first-order valence-electron chi connectivity index (χ1n) is 6.54. The van der Waals surface area contributed by atoms with Crippen molar-refractivity contribution in [3.05, 3.63) is 35.8 Å². The summed E-state index contributed by atoms with van der Waals surface area (Å²) in [5, 5.41) is 9.17. The Hall–Kier alpha value is -1.88. The Bertz CT molecular complexity index is 620. The lowest BCUT2D eigenvalue weighted by atomic mass is 10.2. The molecule has 0 bridgehead atoms. The molecule has 1 aliphatic heterocycles. The Balaban J connectivity index is 1.83. The number of carboxylic acid groups (broad SMARTS) is 1. The van der Waals surface area contributed by atoms with E-state index >= 15 is 0 Å². The van der Waals surface area contributed by atoms with Crippen molar-refractivity contribution in [2.75, 3.05) is 6.54 Å². The third-order valence-electron chi connectivity index (χ3n) is 3.66. The third kappa shape index (κ3) is 2.33. The second-order valence-electron chi connectivity index (χ2n) is 5.17. The van der Waals surface area contributed by atoms with Crippen LogP contribution in [0.25, 0.3) is 5.65 Å². The van der Waals surface area contributed by atoms with E-state index in [2.05, 4.69) is 4.98 Å². The third-order valence-corrected chi connectivity index (χ3v) is 3.66. The fraction of sp³-hybridized carbons (Fsp3) is 0.429. The molecule has 0 saturated carbocycles. The van der Waals surface area contributed by atoms with Crippen LogP contribution in [0.4, 0.5) is 0 Å². The molecule has 5 nitrogen and oxygen atoms in total. The van der Waals surface area contributed by atoms with E-state index in [9.17, 15) is 9.90 Å². The van der Waals surface area contributed by atoms with Crippen LogP contribution in [0.1, 0.15) is 24.1 Å². The maximum atomic E-state index is 11.2. The lowest BCUT2D eigenvalue weighted by Crippen LogP contribution is -2.35. The highest BCUT2D eigenvalue weighted by molar-refractivity contribution is 5.73. The zero-order valence-electron chi connectivity index (χ0n) is 10.9. The second-order valence-corrected chi connectivity index (χ2v) is 5.17. The summed E-state index contributed by atoms with van der Waals surface area (Å²) in [7, 11) is 0. The zero-order valence-corrected chi connectivity index (χ0v) is 10.9. The minimum Gasteiger partial charge on any atom is -0.480 e. The predicted molar refractivity (Wildman–Crippen MR) is 71.0 cm³/mol. The number of hydrogen-bond acceptors (Lipinski definition) is 3. The number of rotatable bonds is 3. The molecule has 0 spiro atoms. The molecule has 1 fully saturated rings. The van der Waals surface area contributed by atoms with Gasteiger partial charge in [0.05, 0.1) is 5.69 Å². The number of aliphatic carboxylic acids is 1. The molecule has 1 atom stereocenters. The highest BCUT2D eigenvalue weighted by Gasteiger charge is 2.30. The molecule has 5 heteroatoms. The maximum Gasteiger partial charge on any atom is 0.320 e. The summed E-state index contributed by atoms with van der Waals surface area (Å²) in [5.41, 5.74) is 3.02. The molecule has 1 saturated heterocycles. The van der Waals surface area contributed by atoms with Crippen LogP contribution in [-0.4, -0.2) is 37.9 Å². The zero-order chi connectivity index (χ0) is 13.4. The number of pyridine rings is 1. The van der Waals surface area contributed by atoms with Gasteiger partial charge in [-0.1, -0.05) is 6.07 Å². The highest BCUT2D eigenvalue weighted by atomic mass is 16.4. The van der Waals surface area contributed by atoms with Crippen molar-refractivity contribution in [2.24, 2.45) is 0 Å². The van der Waals surface area contributed by atoms with Gasteiger partial charge in [-0.3, -0.25) is 9.69 Å². The average molecular weight is 259 g/mol. The van der Waals surface area contributed by atoms with Crippen molar-refractivity contribution in [1.29, 1.82) is 0 Å². The molecule has 1 aliphatic rings. The number of aryl methyl sites for hydroxylation is 1. The lowest BCUT2D eigenvalue weighted by Gasteiger charge is -2.19. The van der Waals surface area contributed by atoms with Crippen LogP contribution in [0.15, 0.2) is 24.5 Å². The number of imidazole rings is 1. The van der Waals surface area contributed by atoms with Crippen LogP contribution >= 0.6 is 0 Å². The second kappa shape index (κ2) is 4.66. The normalized spacial score (nSPS) is 20.2. The van der Waals surface area contributed by atoms with Crippen LogP contribution in [-0.2, 0) is 11.3 Å². The fourth-order valence-electron chi connectivity index (χ4n) is 2.73. The largest absolute Gasteiger partial charge is 0.480 e. The van der Waals surface area contributed by atoms with Crippen LogP contribution < -0.4 is 0 Å². The van der Waals surface area contributed by atoms with E-state index in [1.807, 2.05) is 40.8 Å². The van der Waals surface area contributed by atoms with Gasteiger partial charge in [0.2, 0.25) is 0 Å². The minimum atomic E-state index is -0.725. The molecule has 0 unspecified atom stereocenters. The average Bonchev–Trinajstić information content (AvgIpc) is 2.95. The first-order valence-corrected chi connectivity index (χ1v) is 6.54. The Kier molecular flexibility index (Phi) is 2.98. The van der Waals surface area contributed by atoms with Gasteiger partial charge in [-0.2, -0.15) is 0 Å². The number of hydrogen-bond donors (Lipinski definition) is 1. The number of carbonyl (C=O) groups is 1. The van der Waals surface area contributed by atoms with Crippen LogP contribution in [0.3, 0.4) is 0 Å². The van der Waals surface area contributed by atoms with Crippen molar-refractivity contribution >= 4 is 11.6 Å². The van der Waals surface area contributed by atoms with Gasteiger partial charge in [-0.15, -0.1) is 0 Å². The van der Waals surface area contributed by atoms with Gasteiger partial charge in [0, 0.05) is 18.9 Å². The number of carboxylic acids is 1. The van der Waals surface area contributed by atoms with E-state index in [0.717, 1.165) is 30.7 Å². The summed E-state index contributed by atoms with van der Waals surface area (Å²) >= 11 is 0. The molecular weight excluding hydrogens is 242 g/mol. The Labute approximate surface area is 111 Å². The lowest BCUT2D eigenvalue weighted by molar-refractivity contribution is -0.142. The number of fused-ring (bicyclic) bond motifs is 1. The van der Waals surface area contributed by atoms with E-state index in [0.29, 0.717) is 6.54 Å². The summed E-state index contributed by atoms with van der Waals surface area (Å²) in [6, 6.07) is 3.66. The van der Waals surface area contributed by atoms with Crippen molar-refractivity contribution in [2.45, 2.75) is 32.4 Å². The Morgan fingerprint density at radius 3 is 3.11 bits per heavy atom. The molecule has 0 radical (unpaired) electrons. The molecule has 3 heterocycles. The highest BCUT2D eigenvalue weighted by Crippen LogP contribution is 2.20. The fourth-order valence-corrected chi connectivity index (χ4v) is 2.73. The van der Waals surface area contributed by atoms with Crippen LogP contribution in [0.2, 0.25) is 0 Å². The SMILES string of the molecule is Cc1ccc2nc(CN3CCC[C@@H]3C(=O)O)cn2c1. The maximum absolute atomic E-state index is 11.2. The van der Waals surface area contributed by atoms with E-state index in [1.165, 1.54) is 5.56 Å². The molecular formula is C14H17N3O2. The van der Waals surface area contributed by atoms with Gasteiger partial charge >= 0.3 is 5.97 Å². The Morgan fingerprint density at radius 1 is 1.47 bits per heavy atom. The molecule has 2 aromatic heterocycles. The van der Waals surface area contributed by atoms with Crippen LogP contribution in [0.5, 0.6) is 0 Å². The summed E-state index contributed by atoms with van der Waals surface area (Å²) in [6.07, 6.45) is 5.70. The molecule has 1 N–H and O–H groups in total. The van der Waals surface area contributed by atoms with E-state index in [4.69, 9.17) is 0 Å². The Morgan fingerprint density at radius 2 is 2.32 bits per heavy atom. The van der Waals surface area contributed by atoms with Crippen molar-refractivity contribution in [3.8, 4) is 0 Å². The standard InChI is InChI=1S/C14H17N3O2/c1-10-4-5-13-15-11(9-17(13)7-10)8-16-6-2-3-12(16)14(18)19/h4-5,7,9,12H,2-3,6,8H2,1H3,(H,18,19)/t12-/m1/s1. The monoisotopic (exact) mass is 259 g/mol. The molecule has 0 aliphatic carbocycles. The molecule has 2 aromatic rings. The predicted octanol–water partition coefficient (Wildman–Crippen LogP) is 1.69. The summed E-state index contributed by atoms with van der Waals surface area (Å²) in [5.74, 6) is -0.725. The number of likely N-dealkylation sites (tertiary alicyclic amines) is 1. The van der Waals surface area contributed by atoms with E-state index < -0.39 is 5.97 Å². The van der Waals surface area contributed by atoms with Gasteiger partial charge in [0.1, 0.15) is 11.7 Å². The van der Waals surface area contributed by atoms with Gasteiger partial charge in [-0.25, -0.2) is 4.98 Å². The molecule has 0 amide bonds. The van der Waals surface area contributed by atoms with E-state index in [-0.39, 0.29) is 6.04 Å². The first-order chi connectivity index (χ1) is 9.13. The topological polar surface area (TPSA) is 57.8 Å². The van der Waals surface area contributed by atoms with Crippen molar-refractivity contribution in [1.82, 2.24) is 14.3 Å². The smallest absolute Gasteiger partial charge is 0.320 e. The molecule has 0 aromatic carbocycles. The first kappa shape index (κ1) is 12.2. The number of aromatic nitrogens is 2. The van der Waals surface area contributed by atoms with Gasteiger partial charge in [0.15, 0.2) is 0 Å². The summed E-state index contributed by atoms with van der Waals surface area (Å²) in [6.45, 7) is 3.49. The quantitative estimate of drug-likeness (QED) is 0.911. The summed E-state index contributed by atoms with van der Waals surface area (Å²) in [4.78, 5) is 17.7. The van der Waals surface area contributed by atoms with Gasteiger partial charge < -0.3 is 9.51 Å². The molecule has 100 valence electrons. The van der Waals surface area contributed by atoms with Gasteiger partial charge in [-0.05, 0) is 37.9 Å². The molecule has 3 rings (SSSR count). The number of nitrogens with zero attached hydrogens (tertiary/aromatic N) is 3. The summed E-state index contributed by atoms with van der Waals surface area (Å²) < 4.78 is 2.00. The van der Waals surface area contributed by atoms with Crippen molar-refractivity contribution < 1.29 is 9.90 Å². The van der Waals surface area contributed by atoms with Crippen molar-refractivity contribution in [3.63, 3.8) is 0 Å². The minimum absolute atomic E-state index is 0.355. The van der Waals surface area contributed by atoms with Crippen LogP contribution in [0, 0.1) is 6.92 Å². The van der Waals surface area contributed by atoms with E-state index in [1.54, 1.807) is 0 Å². The molecule has 19 heavy (non-hydrogen) atoms.